The summed E-state index contributed by atoms with van der Waals surface area (Å²) < 4.78 is 27.9. The average Bonchev–Trinajstić information content (AvgIpc) is 3.33. The molecule has 6 fully saturated rings. The molecule has 0 amide bonds. The maximum atomic E-state index is 12.2. The van der Waals surface area contributed by atoms with Crippen molar-refractivity contribution in [2.45, 2.75) is 158 Å². The molecule has 9 heteroatoms. The highest BCUT2D eigenvalue weighted by Gasteiger charge is 2.89. The fourth-order valence-electron chi connectivity index (χ4n) is 10.1. The first kappa shape index (κ1) is 37.7. The van der Waals surface area contributed by atoms with E-state index in [0.29, 0.717) is 36.8 Å². The lowest BCUT2D eigenvalue weighted by molar-refractivity contribution is -0.227. The van der Waals surface area contributed by atoms with Gasteiger partial charge in [0, 0.05) is 16.7 Å². The molecule has 0 aromatic carbocycles. The minimum Gasteiger partial charge on any atom is -0.458 e. The standard InChI is InChI=1S/C20H28O6.C16H28O3.C2H6/c1-5-11(6-10(2)3)17(22)24-9-13(21)25-16-14-15-19(4,18(23)26-14)7-12-8-20(12,15)16;1-4-16(5-2,6-3)15(18-11-17)19-14-10-12-7-8-13(14)9-12;1-2/h10-12,14-16H,5-9H2,1-4H3;11-15H,4-10H2,1-3H3;1-2H3. The Bertz CT molecular complexity index is 1110. The van der Waals surface area contributed by atoms with Crippen LogP contribution in [0.2, 0.25) is 0 Å². The summed E-state index contributed by atoms with van der Waals surface area (Å²) in [4.78, 5) is 47.4. The number of carbonyl (C=O) groups is 4. The van der Waals surface area contributed by atoms with E-state index in [1.165, 1.54) is 19.3 Å². The zero-order chi connectivity index (χ0) is 34.7. The van der Waals surface area contributed by atoms with Crippen molar-refractivity contribution < 1.29 is 42.9 Å². The number of hydrogen-bond acceptors (Lipinski definition) is 9. The first-order valence-electron chi connectivity index (χ1n) is 18.7. The second kappa shape index (κ2) is 15.2. The van der Waals surface area contributed by atoms with Crippen molar-refractivity contribution in [3.63, 3.8) is 0 Å². The van der Waals surface area contributed by atoms with Gasteiger partial charge in [-0.3, -0.25) is 14.4 Å². The number of hydrogen-bond donors (Lipinski definition) is 0. The number of rotatable bonds is 15. The van der Waals surface area contributed by atoms with Crippen LogP contribution in [0.5, 0.6) is 0 Å². The number of ether oxygens (including phenoxy) is 5. The van der Waals surface area contributed by atoms with Crippen LogP contribution in [0, 0.1) is 51.8 Å². The van der Waals surface area contributed by atoms with Crippen LogP contribution >= 0.6 is 0 Å². The van der Waals surface area contributed by atoms with Gasteiger partial charge in [-0.2, -0.15) is 0 Å². The van der Waals surface area contributed by atoms with Crippen LogP contribution < -0.4 is 0 Å². The van der Waals surface area contributed by atoms with Gasteiger partial charge in [0.1, 0.15) is 12.2 Å². The second-order valence-corrected chi connectivity index (χ2v) is 15.6. The van der Waals surface area contributed by atoms with Gasteiger partial charge in [0.15, 0.2) is 6.61 Å². The highest BCUT2D eigenvalue weighted by Crippen LogP contribution is 2.84. The molecule has 1 spiro atoms. The normalized spacial score (nSPS) is 36.3. The monoisotopic (exact) mass is 662 g/mol. The quantitative estimate of drug-likeness (QED) is 0.0765. The zero-order valence-corrected chi connectivity index (χ0v) is 30.5. The van der Waals surface area contributed by atoms with Crippen LogP contribution in [0.4, 0.5) is 0 Å². The minimum absolute atomic E-state index is 0.0251. The molecule has 47 heavy (non-hydrogen) atoms. The van der Waals surface area contributed by atoms with Gasteiger partial charge in [-0.05, 0) is 101 Å². The van der Waals surface area contributed by atoms with Gasteiger partial charge in [0.05, 0.1) is 17.4 Å². The van der Waals surface area contributed by atoms with Crippen LogP contribution in [-0.4, -0.2) is 55.6 Å². The highest BCUT2D eigenvalue weighted by atomic mass is 16.7. The molecule has 11 unspecified atom stereocenters. The van der Waals surface area contributed by atoms with Crippen LogP contribution in [-0.2, 0) is 42.9 Å². The molecule has 2 bridgehead atoms. The van der Waals surface area contributed by atoms with Gasteiger partial charge in [-0.15, -0.1) is 0 Å². The molecule has 11 atom stereocenters. The average molecular weight is 663 g/mol. The zero-order valence-electron chi connectivity index (χ0n) is 30.5. The van der Waals surface area contributed by atoms with Crippen molar-refractivity contribution in [3.05, 3.63) is 0 Å². The van der Waals surface area contributed by atoms with Crippen LogP contribution in [0.25, 0.3) is 0 Å². The Balaban J connectivity index is 0.000000212. The van der Waals surface area contributed by atoms with Gasteiger partial charge < -0.3 is 23.7 Å². The molecule has 9 nitrogen and oxygen atoms in total. The summed E-state index contributed by atoms with van der Waals surface area (Å²) in [6, 6.07) is 0. The lowest BCUT2D eigenvalue weighted by Gasteiger charge is -2.47. The highest BCUT2D eigenvalue weighted by molar-refractivity contribution is 5.83. The molecule has 0 radical (unpaired) electrons. The minimum atomic E-state index is -0.544. The molecule has 5 aliphatic carbocycles. The van der Waals surface area contributed by atoms with Crippen LogP contribution in [0.1, 0.15) is 133 Å². The van der Waals surface area contributed by atoms with E-state index in [2.05, 4.69) is 34.6 Å². The maximum Gasteiger partial charge on any atom is 0.344 e. The van der Waals surface area contributed by atoms with E-state index in [-0.39, 0.29) is 59.7 Å². The summed E-state index contributed by atoms with van der Waals surface area (Å²) in [6.07, 6.45) is 10.6. The first-order chi connectivity index (χ1) is 22.4. The third-order valence-electron chi connectivity index (χ3n) is 12.9. The fourth-order valence-corrected chi connectivity index (χ4v) is 10.1. The molecular formula is C38H62O9. The largest absolute Gasteiger partial charge is 0.458 e. The number of fused-ring (bicyclic) bond motifs is 2. The molecule has 268 valence electrons. The van der Waals surface area contributed by atoms with E-state index >= 15 is 0 Å². The van der Waals surface area contributed by atoms with Crippen molar-refractivity contribution in [2.24, 2.45) is 51.8 Å². The van der Waals surface area contributed by atoms with Crippen molar-refractivity contribution in [1.29, 1.82) is 0 Å². The van der Waals surface area contributed by atoms with Gasteiger partial charge >= 0.3 is 17.9 Å². The van der Waals surface area contributed by atoms with Gasteiger partial charge in [0.2, 0.25) is 6.29 Å². The molecule has 0 aromatic rings. The Morgan fingerprint density at radius 1 is 1.04 bits per heavy atom. The Hall–Kier alpha value is -2.16. The molecule has 0 N–H and O–H groups in total. The summed E-state index contributed by atoms with van der Waals surface area (Å²) in [7, 11) is 0. The molecule has 1 saturated heterocycles. The molecule has 1 heterocycles. The first-order valence-corrected chi connectivity index (χ1v) is 18.7. The molecule has 5 saturated carbocycles. The van der Waals surface area contributed by atoms with Crippen LogP contribution in [0.15, 0.2) is 0 Å². The molecule has 6 rings (SSSR count). The Morgan fingerprint density at radius 2 is 1.72 bits per heavy atom. The van der Waals surface area contributed by atoms with Gasteiger partial charge in [-0.1, -0.05) is 55.4 Å². The third kappa shape index (κ3) is 6.85. The maximum absolute atomic E-state index is 12.2. The Labute approximate surface area is 282 Å². The number of esters is 3. The van der Waals surface area contributed by atoms with Gasteiger partial charge in [0.25, 0.3) is 6.47 Å². The molecule has 6 aliphatic rings. The SMILES string of the molecule is CC.CCC(CC(C)C)C(=O)OCC(=O)OC1C2OC(=O)C3(C)CC4CC41C23.CCC(CC)(CC)C(OC=O)OC1CC2CCC1C2. The van der Waals surface area contributed by atoms with Gasteiger partial charge in [-0.25, -0.2) is 4.79 Å². The van der Waals surface area contributed by atoms with Crippen molar-refractivity contribution in [2.75, 3.05) is 6.61 Å². The van der Waals surface area contributed by atoms with E-state index < -0.39 is 11.4 Å². The van der Waals surface area contributed by atoms with Crippen molar-refractivity contribution in [3.8, 4) is 0 Å². The predicted molar refractivity (Wildman–Crippen MR) is 177 cm³/mol. The smallest absolute Gasteiger partial charge is 0.344 e. The van der Waals surface area contributed by atoms with Crippen molar-refractivity contribution in [1.82, 2.24) is 0 Å². The lowest BCUT2D eigenvalue weighted by Crippen LogP contribution is -2.59. The lowest BCUT2D eigenvalue weighted by atomic mass is 9.59. The predicted octanol–water partition coefficient (Wildman–Crippen LogP) is 7.42. The van der Waals surface area contributed by atoms with E-state index in [0.717, 1.165) is 50.9 Å². The number of carbonyl (C=O) groups excluding carboxylic acids is 4. The van der Waals surface area contributed by atoms with E-state index in [1.54, 1.807) is 0 Å². The Kier molecular flexibility index (Phi) is 12.1. The van der Waals surface area contributed by atoms with Crippen molar-refractivity contribution >= 4 is 24.4 Å². The second-order valence-electron chi connectivity index (χ2n) is 15.6. The van der Waals surface area contributed by atoms with E-state index in [4.69, 9.17) is 23.7 Å². The molecular weight excluding hydrogens is 600 g/mol. The summed E-state index contributed by atoms with van der Waals surface area (Å²) in [5.41, 5.74) is -0.480. The molecule has 0 aromatic heterocycles. The summed E-state index contributed by atoms with van der Waals surface area (Å²) >= 11 is 0. The summed E-state index contributed by atoms with van der Waals surface area (Å²) in [6.45, 7) is 18.7. The van der Waals surface area contributed by atoms with Crippen LogP contribution in [0.3, 0.4) is 0 Å². The van der Waals surface area contributed by atoms with E-state index in [9.17, 15) is 19.2 Å². The fraction of sp³-hybridized carbons (Fsp3) is 0.895. The summed E-state index contributed by atoms with van der Waals surface area (Å²) in [5.74, 6) is 1.37. The Morgan fingerprint density at radius 3 is 2.26 bits per heavy atom. The molecule has 1 aliphatic heterocycles. The third-order valence-corrected chi connectivity index (χ3v) is 12.9. The van der Waals surface area contributed by atoms with E-state index in [1.807, 2.05) is 27.7 Å². The topological polar surface area (TPSA) is 114 Å². The summed E-state index contributed by atoms with van der Waals surface area (Å²) in [5, 5.41) is 0.